The first kappa shape index (κ1) is 19.1. The Labute approximate surface area is 158 Å². The number of imide groups is 1. The van der Waals surface area contributed by atoms with Gasteiger partial charge in [-0.25, -0.2) is 0 Å². The number of nitro benzene ring substituents is 1. The number of likely N-dealkylation sites (tertiary alicyclic amines) is 1. The van der Waals surface area contributed by atoms with Crippen molar-refractivity contribution in [3.05, 3.63) is 45.6 Å². The Hall–Kier alpha value is -2.70. The smallest absolute Gasteiger partial charge is 0.278 e. The maximum absolute atomic E-state index is 13.1. The Balaban J connectivity index is 2.10. The van der Waals surface area contributed by atoms with Gasteiger partial charge in [0, 0.05) is 31.3 Å². The number of non-ortho nitro benzene ring substituents is 1. The summed E-state index contributed by atoms with van der Waals surface area (Å²) in [6, 6.07) is 5.60. The molecule has 2 aliphatic heterocycles. The number of nitro groups is 1. The monoisotopic (exact) mass is 371 g/mol. The van der Waals surface area contributed by atoms with E-state index in [1.807, 2.05) is 18.7 Å². The molecule has 7 heteroatoms. The lowest BCUT2D eigenvalue weighted by atomic mass is 9.91. The van der Waals surface area contributed by atoms with Gasteiger partial charge in [-0.3, -0.25) is 24.6 Å². The molecule has 0 spiro atoms. The molecule has 2 heterocycles. The first-order valence-corrected chi connectivity index (χ1v) is 9.32. The fourth-order valence-electron chi connectivity index (χ4n) is 4.15. The van der Waals surface area contributed by atoms with Crippen molar-refractivity contribution in [2.24, 2.45) is 11.8 Å². The molecule has 0 bridgehead atoms. The quantitative estimate of drug-likeness (QED) is 0.461. The highest BCUT2D eigenvalue weighted by molar-refractivity contribution is 6.35. The summed E-state index contributed by atoms with van der Waals surface area (Å²) >= 11 is 0. The molecule has 1 saturated heterocycles. The van der Waals surface area contributed by atoms with Crippen molar-refractivity contribution in [2.75, 3.05) is 13.1 Å². The van der Waals surface area contributed by atoms with E-state index >= 15 is 0 Å². The zero-order valence-corrected chi connectivity index (χ0v) is 16.1. The zero-order chi connectivity index (χ0) is 19.9. The molecule has 2 aliphatic rings. The zero-order valence-electron chi connectivity index (χ0n) is 16.1. The van der Waals surface area contributed by atoms with Gasteiger partial charge >= 0.3 is 0 Å². The predicted octanol–water partition coefficient (Wildman–Crippen LogP) is 3.06. The number of amides is 2. The largest absolute Gasteiger partial charge is 0.366 e. The number of rotatable bonds is 4. The Morgan fingerprint density at radius 3 is 2.07 bits per heavy atom. The number of carbonyl (C=O) groups is 2. The molecular weight excluding hydrogens is 346 g/mol. The number of piperidine rings is 1. The number of hydrogen-bond acceptors (Lipinski definition) is 5. The number of hydrogen-bond donors (Lipinski definition) is 0. The molecule has 3 rings (SSSR count). The summed E-state index contributed by atoms with van der Waals surface area (Å²) in [4.78, 5) is 40.0. The van der Waals surface area contributed by atoms with Gasteiger partial charge in [0.1, 0.15) is 5.70 Å². The van der Waals surface area contributed by atoms with E-state index in [0.29, 0.717) is 28.7 Å². The molecule has 0 radical (unpaired) electrons. The molecule has 2 amide bonds. The van der Waals surface area contributed by atoms with Crippen molar-refractivity contribution in [2.45, 2.75) is 40.2 Å². The summed E-state index contributed by atoms with van der Waals surface area (Å²) in [5, 5.41) is 10.9. The summed E-state index contributed by atoms with van der Waals surface area (Å²) in [7, 11) is 0. The van der Waals surface area contributed by atoms with Gasteiger partial charge in [0.05, 0.1) is 10.5 Å². The highest BCUT2D eigenvalue weighted by Gasteiger charge is 2.43. The van der Waals surface area contributed by atoms with E-state index in [1.165, 1.54) is 17.0 Å². The van der Waals surface area contributed by atoms with Gasteiger partial charge in [-0.2, -0.15) is 0 Å². The molecule has 0 saturated carbocycles. The maximum atomic E-state index is 13.1. The summed E-state index contributed by atoms with van der Waals surface area (Å²) in [5.74, 6) is 0.250. The third kappa shape index (κ3) is 3.46. The number of nitrogens with zero attached hydrogens (tertiary/aromatic N) is 3. The third-order valence-electron chi connectivity index (χ3n) is 5.16. The highest BCUT2D eigenvalue weighted by Crippen LogP contribution is 2.36. The average Bonchev–Trinajstić information content (AvgIpc) is 2.84. The van der Waals surface area contributed by atoms with Crippen LogP contribution in [0.2, 0.25) is 0 Å². The molecule has 0 aromatic heterocycles. The van der Waals surface area contributed by atoms with Gasteiger partial charge in [-0.15, -0.1) is 0 Å². The van der Waals surface area contributed by atoms with Crippen molar-refractivity contribution in [1.82, 2.24) is 9.80 Å². The van der Waals surface area contributed by atoms with Crippen LogP contribution >= 0.6 is 0 Å². The Bertz CT molecular complexity index is 803. The second-order valence-corrected chi connectivity index (χ2v) is 7.95. The lowest BCUT2D eigenvalue weighted by molar-refractivity contribution is -0.384. The fourth-order valence-corrected chi connectivity index (χ4v) is 4.15. The van der Waals surface area contributed by atoms with Crippen LogP contribution in [0.25, 0.3) is 5.57 Å². The van der Waals surface area contributed by atoms with Crippen molar-refractivity contribution < 1.29 is 14.5 Å². The maximum Gasteiger partial charge on any atom is 0.278 e. The second-order valence-electron chi connectivity index (χ2n) is 7.95. The number of benzene rings is 1. The van der Waals surface area contributed by atoms with Gasteiger partial charge in [0.15, 0.2) is 0 Å². The van der Waals surface area contributed by atoms with Crippen LogP contribution in [0, 0.1) is 22.0 Å². The van der Waals surface area contributed by atoms with Gasteiger partial charge in [0.25, 0.3) is 17.5 Å². The standard InChI is InChI=1S/C20H25N3O4/c1-12(2)22-19(24)17(15-5-7-16(8-6-15)23(26)27)18(20(22)25)21-10-13(3)9-14(4)11-21/h5-8,12-14H,9-11H2,1-4H3. The molecule has 144 valence electrons. The Morgan fingerprint density at radius 1 is 1.04 bits per heavy atom. The first-order valence-electron chi connectivity index (χ1n) is 9.32. The van der Waals surface area contributed by atoms with Crippen LogP contribution in [0.4, 0.5) is 5.69 Å². The van der Waals surface area contributed by atoms with E-state index in [-0.39, 0.29) is 23.5 Å². The Morgan fingerprint density at radius 2 is 1.59 bits per heavy atom. The summed E-state index contributed by atoms with van der Waals surface area (Å²) in [6.45, 7) is 9.37. The lowest BCUT2D eigenvalue weighted by Gasteiger charge is -2.37. The third-order valence-corrected chi connectivity index (χ3v) is 5.16. The van der Waals surface area contributed by atoms with Crippen molar-refractivity contribution in [1.29, 1.82) is 0 Å². The predicted molar refractivity (Wildman–Crippen MR) is 102 cm³/mol. The lowest BCUT2D eigenvalue weighted by Crippen LogP contribution is -2.43. The van der Waals surface area contributed by atoms with E-state index in [1.54, 1.807) is 12.1 Å². The van der Waals surface area contributed by atoms with Crippen LogP contribution in [0.1, 0.15) is 39.7 Å². The van der Waals surface area contributed by atoms with Crippen LogP contribution in [-0.4, -0.2) is 45.7 Å². The van der Waals surface area contributed by atoms with Crippen LogP contribution < -0.4 is 0 Å². The fraction of sp³-hybridized carbons (Fsp3) is 0.500. The van der Waals surface area contributed by atoms with E-state index in [4.69, 9.17) is 0 Å². The van der Waals surface area contributed by atoms with Gasteiger partial charge < -0.3 is 4.90 Å². The van der Waals surface area contributed by atoms with Gasteiger partial charge in [0.2, 0.25) is 0 Å². The van der Waals surface area contributed by atoms with Crippen LogP contribution in [0.15, 0.2) is 30.0 Å². The number of carbonyl (C=O) groups excluding carboxylic acids is 2. The minimum absolute atomic E-state index is 0.0430. The van der Waals surface area contributed by atoms with E-state index in [9.17, 15) is 19.7 Å². The minimum atomic E-state index is -0.477. The summed E-state index contributed by atoms with van der Waals surface area (Å²) < 4.78 is 0. The average molecular weight is 371 g/mol. The highest BCUT2D eigenvalue weighted by atomic mass is 16.6. The van der Waals surface area contributed by atoms with Crippen LogP contribution in [0.3, 0.4) is 0 Å². The van der Waals surface area contributed by atoms with Crippen molar-refractivity contribution in [3.8, 4) is 0 Å². The molecule has 2 atom stereocenters. The van der Waals surface area contributed by atoms with Crippen LogP contribution in [0.5, 0.6) is 0 Å². The van der Waals surface area contributed by atoms with Crippen molar-refractivity contribution >= 4 is 23.1 Å². The normalized spacial score (nSPS) is 23.6. The Kier molecular flexibility index (Phi) is 5.04. The molecule has 0 aliphatic carbocycles. The minimum Gasteiger partial charge on any atom is -0.366 e. The molecular formula is C20H25N3O4. The topological polar surface area (TPSA) is 83.8 Å². The van der Waals surface area contributed by atoms with Crippen molar-refractivity contribution in [3.63, 3.8) is 0 Å². The molecule has 0 N–H and O–H groups in total. The van der Waals surface area contributed by atoms with Gasteiger partial charge in [-0.1, -0.05) is 13.8 Å². The van der Waals surface area contributed by atoms with Gasteiger partial charge in [-0.05, 0) is 49.8 Å². The molecule has 2 unspecified atom stereocenters. The summed E-state index contributed by atoms with van der Waals surface area (Å²) in [5.41, 5.74) is 1.28. The first-order chi connectivity index (χ1) is 12.7. The molecule has 1 fully saturated rings. The molecule has 27 heavy (non-hydrogen) atoms. The van der Waals surface area contributed by atoms with Crippen LogP contribution in [-0.2, 0) is 9.59 Å². The summed E-state index contributed by atoms with van der Waals surface area (Å²) in [6.07, 6.45) is 1.09. The SMILES string of the molecule is CC1CC(C)CN(C2=C(c3ccc([N+](=O)[O-])cc3)C(=O)N(C(C)C)C2=O)C1. The van der Waals surface area contributed by atoms with E-state index < -0.39 is 4.92 Å². The van der Waals surface area contributed by atoms with E-state index in [0.717, 1.165) is 19.5 Å². The molecule has 1 aromatic rings. The second kappa shape index (κ2) is 7.13. The van der Waals surface area contributed by atoms with E-state index in [2.05, 4.69) is 13.8 Å². The molecule has 7 nitrogen and oxygen atoms in total. The molecule has 1 aromatic carbocycles.